The molecule has 1 aromatic heterocycles. The highest BCUT2D eigenvalue weighted by atomic mass is 35.5. The van der Waals surface area contributed by atoms with Crippen molar-refractivity contribution in [1.29, 1.82) is 0 Å². The molecule has 1 amide bonds. The van der Waals surface area contributed by atoms with Gasteiger partial charge in [-0.3, -0.25) is 10.1 Å². The van der Waals surface area contributed by atoms with Crippen LogP contribution in [0.25, 0.3) is 0 Å². The van der Waals surface area contributed by atoms with Gasteiger partial charge in [0.25, 0.3) is 5.91 Å². The Bertz CT molecular complexity index is 492. The minimum Gasteiger partial charge on any atom is -0.362 e. The van der Waals surface area contributed by atoms with Gasteiger partial charge >= 0.3 is 0 Å². The van der Waals surface area contributed by atoms with E-state index >= 15 is 0 Å². The van der Waals surface area contributed by atoms with E-state index in [4.69, 9.17) is 35.4 Å². The van der Waals surface area contributed by atoms with Crippen molar-refractivity contribution in [1.82, 2.24) is 10.6 Å². The van der Waals surface area contributed by atoms with E-state index in [1.54, 1.807) is 11.3 Å². The Hall–Kier alpha value is -0.360. The van der Waals surface area contributed by atoms with Crippen LogP contribution in [0.1, 0.15) is 46.3 Å². The van der Waals surface area contributed by atoms with E-state index in [1.807, 2.05) is 13.0 Å². The first-order chi connectivity index (χ1) is 10.6. The number of carbonyl (C=O) groups is 1. The summed E-state index contributed by atoms with van der Waals surface area (Å²) in [6.45, 7) is 2.80. The zero-order valence-corrected chi connectivity index (χ0v) is 15.9. The molecule has 22 heavy (non-hydrogen) atoms. The molecule has 0 fully saturated rings. The van der Waals surface area contributed by atoms with Gasteiger partial charge < -0.3 is 5.32 Å². The van der Waals surface area contributed by atoms with Gasteiger partial charge in [0, 0.05) is 28.1 Å². The van der Waals surface area contributed by atoms with Gasteiger partial charge in [0.05, 0.1) is 5.56 Å². The summed E-state index contributed by atoms with van der Waals surface area (Å²) in [5.41, 5.74) is 0.709. The first kappa shape index (κ1) is 19.7. The second kappa shape index (κ2) is 11.2. The number of aryl methyl sites for hydroxylation is 2. The topological polar surface area (TPSA) is 41.1 Å². The molecule has 124 valence electrons. The number of alkyl halides is 2. The minimum atomic E-state index is -0.147. The van der Waals surface area contributed by atoms with Crippen LogP contribution in [0.2, 0.25) is 0 Å². The van der Waals surface area contributed by atoms with E-state index in [1.165, 1.54) is 4.88 Å². The highest BCUT2D eigenvalue weighted by Gasteiger charge is 2.16. The van der Waals surface area contributed by atoms with E-state index in [0.717, 1.165) is 43.5 Å². The predicted octanol–water partition coefficient (Wildman–Crippen LogP) is 4.11. The largest absolute Gasteiger partial charge is 0.362 e. The molecule has 7 heteroatoms. The molecule has 0 saturated carbocycles. The van der Waals surface area contributed by atoms with Crippen LogP contribution in [0.15, 0.2) is 6.07 Å². The number of carbonyl (C=O) groups excluding carboxylic acids is 1. The molecule has 1 rings (SSSR count). The molecule has 0 aliphatic heterocycles. The van der Waals surface area contributed by atoms with Crippen molar-refractivity contribution in [2.75, 3.05) is 18.3 Å². The number of amides is 1. The Morgan fingerprint density at radius 2 is 1.95 bits per heavy atom. The van der Waals surface area contributed by atoms with Gasteiger partial charge in [-0.2, -0.15) is 0 Å². The smallest absolute Gasteiger partial charge is 0.258 e. The zero-order chi connectivity index (χ0) is 16.4. The first-order valence-electron chi connectivity index (χ1n) is 7.45. The summed E-state index contributed by atoms with van der Waals surface area (Å²) in [6.07, 6.45) is 4.43. The van der Waals surface area contributed by atoms with E-state index in [-0.39, 0.29) is 5.91 Å². The van der Waals surface area contributed by atoms with Crippen LogP contribution < -0.4 is 10.6 Å². The molecule has 0 atom stereocenters. The number of rotatable bonds is 9. The average molecular weight is 381 g/mol. The third-order valence-corrected chi connectivity index (χ3v) is 5.00. The summed E-state index contributed by atoms with van der Waals surface area (Å²) in [6, 6.07) is 1.96. The fourth-order valence-corrected chi connectivity index (χ4v) is 3.62. The molecule has 1 heterocycles. The van der Waals surface area contributed by atoms with Gasteiger partial charge in [-0.1, -0.05) is 6.92 Å². The number of nitrogens with one attached hydrogen (secondary N) is 2. The molecule has 1 aromatic rings. The van der Waals surface area contributed by atoms with Gasteiger partial charge in [-0.25, -0.2) is 0 Å². The molecule has 0 spiro atoms. The van der Waals surface area contributed by atoms with Crippen molar-refractivity contribution < 1.29 is 4.79 Å². The number of hydrogen-bond acceptors (Lipinski definition) is 3. The highest BCUT2D eigenvalue weighted by molar-refractivity contribution is 7.80. The minimum absolute atomic E-state index is 0.147. The maximum Gasteiger partial charge on any atom is 0.258 e. The van der Waals surface area contributed by atoms with E-state index in [2.05, 4.69) is 10.6 Å². The van der Waals surface area contributed by atoms with E-state index < -0.39 is 0 Å². The zero-order valence-electron chi connectivity index (χ0n) is 12.7. The van der Waals surface area contributed by atoms with Gasteiger partial charge in [0.1, 0.15) is 0 Å². The van der Waals surface area contributed by atoms with Crippen LogP contribution in [0.3, 0.4) is 0 Å². The van der Waals surface area contributed by atoms with Crippen LogP contribution in [-0.4, -0.2) is 29.3 Å². The third-order valence-electron chi connectivity index (χ3n) is 2.96. The molecule has 0 bridgehead atoms. The first-order valence-corrected chi connectivity index (χ1v) is 9.74. The Morgan fingerprint density at radius 3 is 2.59 bits per heavy atom. The molecule has 0 aliphatic carbocycles. The number of thiophene rings is 1. The molecule has 2 N–H and O–H groups in total. The van der Waals surface area contributed by atoms with E-state index in [9.17, 15) is 4.79 Å². The Balaban J connectivity index is 2.77. The quantitative estimate of drug-likeness (QED) is 0.500. The molecule has 3 nitrogen and oxygen atoms in total. The van der Waals surface area contributed by atoms with Gasteiger partial charge in [-0.05, 0) is 50.4 Å². The lowest BCUT2D eigenvalue weighted by molar-refractivity contribution is 0.0976. The normalized spacial score (nSPS) is 10.5. The fraction of sp³-hybridized carbons (Fsp3) is 0.600. The second-order valence-electron chi connectivity index (χ2n) is 4.84. The molecule has 0 aliphatic rings. The van der Waals surface area contributed by atoms with Gasteiger partial charge in [0.2, 0.25) is 0 Å². The van der Waals surface area contributed by atoms with Crippen molar-refractivity contribution in [3.05, 3.63) is 21.4 Å². The third kappa shape index (κ3) is 6.82. The lowest BCUT2D eigenvalue weighted by Gasteiger charge is -2.08. The van der Waals surface area contributed by atoms with Gasteiger partial charge in [0.15, 0.2) is 5.11 Å². The van der Waals surface area contributed by atoms with Crippen LogP contribution >= 0.6 is 46.8 Å². The lowest BCUT2D eigenvalue weighted by Crippen LogP contribution is -2.39. The maximum atomic E-state index is 12.4. The standard InChI is InChI=1S/C15H22Cl2N2OS2/c1-2-9-18-15(21)19-14(20)12-10-11(5-3-7-16)22-13(12)6-4-8-17/h10H,2-9H2,1H3,(H2,18,19,20,21). The summed E-state index contributed by atoms with van der Waals surface area (Å²) >= 11 is 18.3. The molecule has 0 unspecified atom stereocenters. The van der Waals surface area contributed by atoms with Crippen LogP contribution in [-0.2, 0) is 12.8 Å². The van der Waals surface area contributed by atoms with Crippen LogP contribution in [0.5, 0.6) is 0 Å². The summed E-state index contributed by atoms with van der Waals surface area (Å²) in [4.78, 5) is 14.7. The summed E-state index contributed by atoms with van der Waals surface area (Å²) in [5.74, 6) is 1.07. The fourth-order valence-electron chi connectivity index (χ4n) is 1.91. The summed E-state index contributed by atoms with van der Waals surface area (Å²) in [5, 5.41) is 6.13. The average Bonchev–Trinajstić information content (AvgIpc) is 2.92. The number of thiocarbonyl (C=S) groups is 1. The van der Waals surface area contributed by atoms with Crippen molar-refractivity contribution in [3.8, 4) is 0 Å². The number of halogens is 2. The summed E-state index contributed by atoms with van der Waals surface area (Å²) in [7, 11) is 0. The Labute approximate surface area is 151 Å². The molecular formula is C15H22Cl2N2OS2. The molecule has 0 saturated heterocycles. The lowest BCUT2D eigenvalue weighted by atomic mass is 10.1. The predicted molar refractivity (Wildman–Crippen MR) is 101 cm³/mol. The molecule has 0 radical (unpaired) electrons. The Morgan fingerprint density at radius 1 is 1.27 bits per heavy atom. The molecular weight excluding hydrogens is 359 g/mol. The monoisotopic (exact) mass is 380 g/mol. The van der Waals surface area contributed by atoms with Crippen molar-refractivity contribution in [2.45, 2.75) is 39.0 Å². The maximum absolute atomic E-state index is 12.4. The van der Waals surface area contributed by atoms with Crippen LogP contribution in [0, 0.1) is 0 Å². The van der Waals surface area contributed by atoms with Crippen molar-refractivity contribution >= 4 is 57.8 Å². The van der Waals surface area contributed by atoms with Gasteiger partial charge in [-0.15, -0.1) is 34.5 Å². The molecule has 0 aromatic carbocycles. The van der Waals surface area contributed by atoms with Crippen molar-refractivity contribution in [2.24, 2.45) is 0 Å². The van der Waals surface area contributed by atoms with Crippen LogP contribution in [0.4, 0.5) is 0 Å². The second-order valence-corrected chi connectivity index (χ2v) is 7.23. The number of hydrogen-bond donors (Lipinski definition) is 2. The summed E-state index contributed by atoms with van der Waals surface area (Å²) < 4.78 is 0. The van der Waals surface area contributed by atoms with Crippen molar-refractivity contribution in [3.63, 3.8) is 0 Å². The Kier molecular flexibility index (Phi) is 10.0. The van der Waals surface area contributed by atoms with E-state index in [0.29, 0.717) is 22.4 Å². The SMILES string of the molecule is CCCNC(=S)NC(=O)c1cc(CCCCl)sc1CCCCl. The highest BCUT2D eigenvalue weighted by Crippen LogP contribution is 2.25.